The van der Waals surface area contributed by atoms with Gasteiger partial charge in [0.15, 0.2) is 0 Å². The summed E-state index contributed by atoms with van der Waals surface area (Å²) in [7, 11) is -7.87. The first-order chi connectivity index (χ1) is 8.62. The third-order valence-electron chi connectivity index (χ3n) is 2.50. The molecule has 7 nitrogen and oxygen atoms in total. The SMILES string of the molecule is COP(=O)(OC)C(O)(c1ccc(Br)cc1)P(=O)(O)O. The van der Waals surface area contributed by atoms with E-state index in [0.717, 1.165) is 14.2 Å². The van der Waals surface area contributed by atoms with Gasteiger partial charge in [0.1, 0.15) is 0 Å². The van der Waals surface area contributed by atoms with Crippen LogP contribution in [0.5, 0.6) is 0 Å². The first-order valence-electron chi connectivity index (χ1n) is 4.88. The Morgan fingerprint density at radius 3 is 1.84 bits per heavy atom. The lowest BCUT2D eigenvalue weighted by Gasteiger charge is -2.33. The summed E-state index contributed by atoms with van der Waals surface area (Å²) in [4.78, 5) is 18.7. The second-order valence-corrected chi connectivity index (χ2v) is 8.93. The van der Waals surface area contributed by atoms with Crippen molar-refractivity contribution in [1.82, 2.24) is 0 Å². The Bertz CT molecular complexity index is 532. The lowest BCUT2D eigenvalue weighted by Crippen LogP contribution is -2.27. The minimum atomic E-state index is -5.25. The minimum absolute atomic E-state index is 0.268. The average Bonchev–Trinajstić information content (AvgIpc) is 2.36. The first-order valence-corrected chi connectivity index (χ1v) is 8.83. The standard InChI is InChI=1S/C9H13BrO7P2/c1-16-19(15,17-2)9(11,18(12,13)14)7-3-5-8(10)6-4-7/h3-6,11H,1-2H3,(H2,12,13,14). The van der Waals surface area contributed by atoms with E-state index in [2.05, 4.69) is 25.0 Å². The van der Waals surface area contributed by atoms with Gasteiger partial charge in [0.2, 0.25) is 0 Å². The molecular weight excluding hydrogens is 362 g/mol. The fraction of sp³-hybridized carbons (Fsp3) is 0.333. The van der Waals surface area contributed by atoms with Crippen LogP contribution < -0.4 is 0 Å². The Hall–Kier alpha value is -0.0400. The van der Waals surface area contributed by atoms with E-state index in [1.54, 1.807) is 0 Å². The number of hydrogen-bond acceptors (Lipinski definition) is 5. The highest BCUT2D eigenvalue weighted by molar-refractivity contribution is 9.10. The Kier molecular flexibility index (Phi) is 5.15. The molecule has 1 aromatic rings. The van der Waals surface area contributed by atoms with E-state index in [9.17, 15) is 24.0 Å². The number of aliphatic hydroxyl groups is 1. The van der Waals surface area contributed by atoms with Gasteiger partial charge >= 0.3 is 15.2 Å². The van der Waals surface area contributed by atoms with Gasteiger partial charge in [-0.25, -0.2) is 0 Å². The van der Waals surface area contributed by atoms with Crippen molar-refractivity contribution < 1.29 is 33.1 Å². The van der Waals surface area contributed by atoms with Gasteiger partial charge in [0.25, 0.3) is 5.08 Å². The monoisotopic (exact) mass is 374 g/mol. The number of benzene rings is 1. The van der Waals surface area contributed by atoms with Crippen LogP contribution in [0.25, 0.3) is 0 Å². The molecule has 1 unspecified atom stereocenters. The molecule has 0 saturated carbocycles. The van der Waals surface area contributed by atoms with Crippen molar-refractivity contribution in [2.45, 2.75) is 5.08 Å². The van der Waals surface area contributed by atoms with Gasteiger partial charge in [-0.1, -0.05) is 28.1 Å². The molecule has 0 aliphatic heterocycles. The molecule has 0 radical (unpaired) electrons. The van der Waals surface area contributed by atoms with Crippen molar-refractivity contribution in [1.29, 1.82) is 0 Å². The molecule has 1 aromatic carbocycles. The van der Waals surface area contributed by atoms with E-state index < -0.39 is 20.3 Å². The summed E-state index contributed by atoms with van der Waals surface area (Å²) in [5.74, 6) is 0. The van der Waals surface area contributed by atoms with Crippen molar-refractivity contribution in [2.75, 3.05) is 14.2 Å². The van der Waals surface area contributed by atoms with Crippen LogP contribution in [0.2, 0.25) is 0 Å². The van der Waals surface area contributed by atoms with Crippen molar-refractivity contribution in [3.05, 3.63) is 34.3 Å². The van der Waals surface area contributed by atoms with Crippen molar-refractivity contribution in [3.63, 3.8) is 0 Å². The molecule has 1 rings (SSSR count). The average molecular weight is 375 g/mol. The zero-order chi connectivity index (χ0) is 14.9. The third kappa shape index (κ3) is 2.86. The molecule has 108 valence electrons. The highest BCUT2D eigenvalue weighted by atomic mass is 79.9. The van der Waals surface area contributed by atoms with Gasteiger partial charge < -0.3 is 23.9 Å². The van der Waals surface area contributed by atoms with Crippen LogP contribution in [0.3, 0.4) is 0 Å². The lowest BCUT2D eigenvalue weighted by atomic mass is 10.2. The summed E-state index contributed by atoms with van der Waals surface area (Å²) in [6.07, 6.45) is 0. The zero-order valence-corrected chi connectivity index (χ0v) is 13.4. The van der Waals surface area contributed by atoms with E-state index in [-0.39, 0.29) is 5.56 Å². The van der Waals surface area contributed by atoms with Crippen LogP contribution in [0.15, 0.2) is 28.7 Å². The van der Waals surface area contributed by atoms with Gasteiger partial charge in [-0.15, -0.1) is 0 Å². The van der Waals surface area contributed by atoms with E-state index in [4.69, 9.17) is 0 Å². The molecule has 0 aliphatic carbocycles. The highest BCUT2D eigenvalue weighted by Gasteiger charge is 2.63. The number of hydrogen-bond donors (Lipinski definition) is 3. The lowest BCUT2D eigenvalue weighted by molar-refractivity contribution is 0.115. The van der Waals surface area contributed by atoms with Crippen LogP contribution >= 0.6 is 31.1 Å². The molecule has 0 heterocycles. The largest absolute Gasteiger partial charge is 0.378 e. The summed E-state index contributed by atoms with van der Waals surface area (Å²) in [5.41, 5.74) is -0.268. The summed E-state index contributed by atoms with van der Waals surface area (Å²) in [5, 5.41) is 7.27. The van der Waals surface area contributed by atoms with Crippen LogP contribution in [0.4, 0.5) is 0 Å². The molecule has 0 saturated heterocycles. The minimum Gasteiger partial charge on any atom is -0.364 e. The maximum absolute atomic E-state index is 12.3. The van der Waals surface area contributed by atoms with E-state index >= 15 is 0 Å². The summed E-state index contributed by atoms with van der Waals surface area (Å²) < 4.78 is 33.6. The highest BCUT2D eigenvalue weighted by Crippen LogP contribution is 2.76. The Morgan fingerprint density at radius 1 is 1.11 bits per heavy atom. The van der Waals surface area contributed by atoms with E-state index in [0.29, 0.717) is 4.47 Å². The summed E-state index contributed by atoms with van der Waals surface area (Å²) in [6.45, 7) is 0. The molecule has 0 spiro atoms. The molecule has 0 fully saturated rings. The Morgan fingerprint density at radius 2 is 1.53 bits per heavy atom. The molecule has 1 atom stereocenters. The fourth-order valence-electron chi connectivity index (χ4n) is 1.49. The fourth-order valence-corrected chi connectivity index (χ4v) is 5.13. The predicted molar refractivity (Wildman–Crippen MR) is 71.7 cm³/mol. The number of halogens is 1. The van der Waals surface area contributed by atoms with Crippen molar-refractivity contribution in [3.8, 4) is 0 Å². The summed E-state index contributed by atoms with van der Waals surface area (Å²) >= 11 is 3.14. The molecule has 10 heteroatoms. The van der Waals surface area contributed by atoms with E-state index in [1.165, 1.54) is 24.3 Å². The maximum Gasteiger partial charge on any atom is 0.378 e. The second-order valence-electron chi connectivity index (χ2n) is 3.55. The van der Waals surface area contributed by atoms with Crippen molar-refractivity contribution in [2.24, 2.45) is 0 Å². The topological polar surface area (TPSA) is 113 Å². The van der Waals surface area contributed by atoms with Crippen LogP contribution in [-0.2, 0) is 23.3 Å². The number of rotatable bonds is 5. The van der Waals surface area contributed by atoms with Crippen molar-refractivity contribution >= 4 is 31.1 Å². The maximum atomic E-state index is 12.3. The van der Waals surface area contributed by atoms with Gasteiger partial charge in [0, 0.05) is 24.3 Å². The van der Waals surface area contributed by atoms with Crippen LogP contribution in [-0.4, -0.2) is 29.1 Å². The Balaban J connectivity index is 3.59. The van der Waals surface area contributed by atoms with Crippen LogP contribution in [0.1, 0.15) is 5.56 Å². The van der Waals surface area contributed by atoms with Gasteiger partial charge in [-0.05, 0) is 12.1 Å². The molecule has 0 amide bonds. The molecule has 3 N–H and O–H groups in total. The Labute approximate surface area is 118 Å². The van der Waals surface area contributed by atoms with Gasteiger partial charge in [-0.3, -0.25) is 9.13 Å². The quantitative estimate of drug-likeness (QED) is 0.677. The molecule has 0 aliphatic rings. The first kappa shape index (κ1) is 17.0. The molecule has 0 bridgehead atoms. The smallest absolute Gasteiger partial charge is 0.364 e. The molecule has 19 heavy (non-hydrogen) atoms. The van der Waals surface area contributed by atoms with Gasteiger partial charge in [0.05, 0.1) is 0 Å². The van der Waals surface area contributed by atoms with Gasteiger partial charge in [-0.2, -0.15) is 0 Å². The predicted octanol–water partition coefficient (Wildman–Crippen LogP) is 2.22. The molecule has 0 aromatic heterocycles. The molecular formula is C9H13BrO7P2. The third-order valence-corrected chi connectivity index (χ3v) is 7.60. The van der Waals surface area contributed by atoms with Crippen LogP contribution in [0, 0.1) is 0 Å². The summed E-state index contributed by atoms with van der Waals surface area (Å²) in [6, 6.07) is 5.30. The van der Waals surface area contributed by atoms with E-state index in [1.807, 2.05) is 0 Å². The zero-order valence-electron chi connectivity index (χ0n) is 10.1. The second kappa shape index (κ2) is 5.76. The normalized spacial score (nSPS) is 16.1.